The van der Waals surface area contributed by atoms with Gasteiger partial charge in [-0.15, -0.1) is 12.6 Å². The van der Waals surface area contributed by atoms with E-state index in [0.29, 0.717) is 17.5 Å². The molecule has 1 saturated heterocycles. The number of aliphatic hydroxyl groups is 2. The Labute approximate surface area is 184 Å². The van der Waals surface area contributed by atoms with E-state index in [1.807, 2.05) is 0 Å². The van der Waals surface area contributed by atoms with Crippen LogP contribution in [0.2, 0.25) is 0 Å². The molecule has 0 amide bonds. The number of hydrogen-bond donors (Lipinski definition) is 3. The molecular weight excluding hydrogens is 453 g/mol. The minimum absolute atomic E-state index is 0.00294. The van der Waals surface area contributed by atoms with Gasteiger partial charge in [-0.05, 0) is 36.8 Å². The third-order valence-electron chi connectivity index (χ3n) is 5.45. The van der Waals surface area contributed by atoms with Gasteiger partial charge >= 0.3 is 6.18 Å². The molecule has 2 aromatic carbocycles. The van der Waals surface area contributed by atoms with Gasteiger partial charge in [-0.25, -0.2) is 8.42 Å². The zero-order valence-electron chi connectivity index (χ0n) is 16.6. The average Bonchev–Trinajstić information content (AvgIpc) is 2.72. The number of thiol groups is 1. The summed E-state index contributed by atoms with van der Waals surface area (Å²) in [5.41, 5.74) is -2.78. The summed E-state index contributed by atoms with van der Waals surface area (Å²) < 4.78 is 66.4. The van der Waals surface area contributed by atoms with E-state index in [1.165, 1.54) is 34.6 Å². The molecule has 0 radical (unpaired) electrons. The lowest BCUT2D eigenvalue weighted by molar-refractivity contribution is -0.258. The first-order chi connectivity index (χ1) is 14.4. The number of piperazine rings is 1. The molecule has 2 aromatic rings. The van der Waals surface area contributed by atoms with E-state index in [4.69, 9.17) is 0 Å². The topological polar surface area (TPSA) is 81.1 Å². The predicted octanol–water partition coefficient (Wildman–Crippen LogP) is 2.62. The first-order valence-corrected chi connectivity index (χ1v) is 11.3. The zero-order chi connectivity index (χ0) is 23.0. The van der Waals surface area contributed by atoms with Gasteiger partial charge in [0.05, 0.1) is 17.5 Å². The number of nitrogens with zero attached hydrogens (tertiary/aromatic N) is 2. The average molecular weight is 477 g/mol. The van der Waals surface area contributed by atoms with Gasteiger partial charge in [0.1, 0.15) is 0 Å². The molecule has 1 aliphatic heterocycles. The lowest BCUT2D eigenvalue weighted by Crippen LogP contribution is -2.56. The van der Waals surface area contributed by atoms with Crippen LogP contribution in [-0.2, 0) is 15.6 Å². The fraction of sp³-hybridized carbons (Fsp3) is 0.400. The summed E-state index contributed by atoms with van der Waals surface area (Å²) in [5.74, 6) is 0. The predicted molar refractivity (Wildman–Crippen MR) is 113 cm³/mol. The third-order valence-corrected chi connectivity index (χ3v) is 7.92. The van der Waals surface area contributed by atoms with E-state index in [0.717, 1.165) is 0 Å². The van der Waals surface area contributed by atoms with E-state index in [-0.39, 0.29) is 36.7 Å². The van der Waals surface area contributed by atoms with Gasteiger partial charge in [0.15, 0.2) is 5.60 Å². The van der Waals surface area contributed by atoms with Crippen LogP contribution in [0.5, 0.6) is 0 Å². The van der Waals surface area contributed by atoms with Gasteiger partial charge < -0.3 is 15.1 Å². The van der Waals surface area contributed by atoms with Crippen LogP contribution in [-0.4, -0.2) is 61.4 Å². The molecule has 0 bridgehead atoms. The number of alkyl halides is 3. The van der Waals surface area contributed by atoms with E-state index < -0.39 is 27.8 Å². The Morgan fingerprint density at radius 2 is 1.71 bits per heavy atom. The fourth-order valence-corrected chi connectivity index (χ4v) is 5.55. The van der Waals surface area contributed by atoms with Crippen molar-refractivity contribution in [3.8, 4) is 0 Å². The van der Waals surface area contributed by atoms with Crippen LogP contribution >= 0.6 is 12.6 Å². The molecule has 31 heavy (non-hydrogen) atoms. The van der Waals surface area contributed by atoms with E-state index >= 15 is 0 Å². The molecule has 1 fully saturated rings. The van der Waals surface area contributed by atoms with Crippen LogP contribution in [0.1, 0.15) is 12.5 Å². The van der Waals surface area contributed by atoms with Crippen molar-refractivity contribution < 1.29 is 31.8 Å². The van der Waals surface area contributed by atoms with Crippen molar-refractivity contribution in [3.05, 3.63) is 54.1 Å². The number of aliphatic hydroxyl groups excluding tert-OH is 1. The Kier molecular flexibility index (Phi) is 6.64. The van der Waals surface area contributed by atoms with Crippen molar-refractivity contribution in [3.63, 3.8) is 0 Å². The molecule has 6 nitrogen and oxygen atoms in total. The Bertz CT molecular complexity index is 1030. The highest BCUT2D eigenvalue weighted by Crippen LogP contribution is 2.39. The van der Waals surface area contributed by atoms with Crippen molar-refractivity contribution in [2.24, 2.45) is 0 Å². The maximum atomic E-state index is 13.1. The standard InChI is InChI=1S/C20H23F3N2O4S2/c1-19(27,20(21,22)23)14-6-8-15(9-7-14)25-11-10-24(12-16(25)13-26)31(28,29)18-5-3-2-4-17(18)30/h2-9,16,26-27,30H,10-13H2,1H3/t16-,19-/m1/s1. The van der Waals surface area contributed by atoms with E-state index in [1.54, 1.807) is 23.1 Å². The highest BCUT2D eigenvalue weighted by molar-refractivity contribution is 7.90. The van der Waals surface area contributed by atoms with E-state index in [9.17, 15) is 31.8 Å². The molecule has 2 N–H and O–H groups in total. The Morgan fingerprint density at radius 1 is 1.10 bits per heavy atom. The van der Waals surface area contributed by atoms with Crippen molar-refractivity contribution in [2.45, 2.75) is 34.5 Å². The Balaban J connectivity index is 1.81. The van der Waals surface area contributed by atoms with Crippen molar-refractivity contribution >= 4 is 28.3 Å². The van der Waals surface area contributed by atoms with Crippen LogP contribution in [0, 0.1) is 0 Å². The van der Waals surface area contributed by atoms with Crippen LogP contribution in [0.4, 0.5) is 18.9 Å². The Hall–Kier alpha value is -1.79. The Morgan fingerprint density at radius 3 is 2.26 bits per heavy atom. The van der Waals surface area contributed by atoms with Crippen LogP contribution in [0.25, 0.3) is 0 Å². The number of halogens is 3. The number of anilines is 1. The number of benzene rings is 2. The molecule has 0 spiro atoms. The highest BCUT2D eigenvalue weighted by atomic mass is 32.2. The van der Waals surface area contributed by atoms with Gasteiger partial charge in [0.2, 0.25) is 10.0 Å². The second-order valence-corrected chi connectivity index (χ2v) is 9.87. The van der Waals surface area contributed by atoms with Gasteiger partial charge in [-0.1, -0.05) is 24.3 Å². The van der Waals surface area contributed by atoms with Crippen molar-refractivity contribution in [1.82, 2.24) is 4.31 Å². The highest BCUT2D eigenvalue weighted by Gasteiger charge is 2.51. The molecule has 3 rings (SSSR count). The summed E-state index contributed by atoms with van der Waals surface area (Å²) in [7, 11) is -3.82. The molecule has 170 valence electrons. The van der Waals surface area contributed by atoms with E-state index in [2.05, 4.69) is 12.6 Å². The van der Waals surface area contributed by atoms with Gasteiger partial charge in [-0.3, -0.25) is 0 Å². The summed E-state index contributed by atoms with van der Waals surface area (Å²) in [6, 6.07) is 10.9. The lowest BCUT2D eigenvalue weighted by Gasteiger charge is -2.41. The second-order valence-electron chi connectivity index (χ2n) is 7.48. The molecule has 2 atom stereocenters. The monoisotopic (exact) mass is 476 g/mol. The summed E-state index contributed by atoms with van der Waals surface area (Å²) in [5, 5.41) is 19.7. The molecule has 0 unspecified atom stereocenters. The number of rotatable bonds is 5. The van der Waals surface area contributed by atoms with Crippen molar-refractivity contribution in [2.75, 3.05) is 31.1 Å². The zero-order valence-corrected chi connectivity index (χ0v) is 18.3. The van der Waals surface area contributed by atoms with Gasteiger partial charge in [0, 0.05) is 30.2 Å². The number of sulfonamides is 1. The van der Waals surface area contributed by atoms with Gasteiger partial charge in [-0.2, -0.15) is 17.5 Å². The molecule has 1 heterocycles. The molecule has 0 aromatic heterocycles. The summed E-state index contributed by atoms with van der Waals surface area (Å²) >= 11 is 4.22. The summed E-state index contributed by atoms with van der Waals surface area (Å²) in [6.07, 6.45) is -4.83. The lowest BCUT2D eigenvalue weighted by atomic mass is 9.95. The SMILES string of the molecule is C[C@@](O)(c1ccc(N2CCN(S(=O)(=O)c3ccccc3S)C[C@@H]2CO)cc1)C(F)(F)F. The van der Waals surface area contributed by atoms with Crippen LogP contribution < -0.4 is 4.90 Å². The first-order valence-electron chi connectivity index (χ1n) is 9.45. The molecule has 0 saturated carbocycles. The minimum atomic E-state index is -4.83. The van der Waals surface area contributed by atoms with Crippen LogP contribution in [0.15, 0.2) is 58.3 Å². The second kappa shape index (κ2) is 8.62. The quantitative estimate of drug-likeness (QED) is 0.578. The minimum Gasteiger partial charge on any atom is -0.394 e. The largest absolute Gasteiger partial charge is 0.421 e. The maximum Gasteiger partial charge on any atom is 0.421 e. The normalized spacial score (nSPS) is 20.5. The number of hydrogen-bond acceptors (Lipinski definition) is 6. The summed E-state index contributed by atoms with van der Waals surface area (Å²) in [6.45, 7) is 0.693. The summed E-state index contributed by atoms with van der Waals surface area (Å²) in [4.78, 5) is 2.13. The van der Waals surface area contributed by atoms with Crippen molar-refractivity contribution in [1.29, 1.82) is 0 Å². The third kappa shape index (κ3) is 4.56. The smallest absolute Gasteiger partial charge is 0.394 e. The van der Waals surface area contributed by atoms with Crippen LogP contribution in [0.3, 0.4) is 0 Å². The fourth-order valence-electron chi connectivity index (χ4n) is 3.50. The molecule has 11 heteroatoms. The maximum absolute atomic E-state index is 13.1. The molecular formula is C20H23F3N2O4S2. The molecule has 0 aliphatic carbocycles. The molecule has 1 aliphatic rings. The van der Waals surface area contributed by atoms with Gasteiger partial charge in [0.25, 0.3) is 0 Å². The first kappa shape index (κ1) is 23.9.